The second kappa shape index (κ2) is 9.17. The van der Waals surface area contributed by atoms with Crippen LogP contribution in [0.25, 0.3) is 0 Å². The van der Waals surface area contributed by atoms with E-state index < -0.39 is 16.0 Å². The van der Waals surface area contributed by atoms with Gasteiger partial charge in [-0.2, -0.15) is 13.7 Å². The van der Waals surface area contributed by atoms with E-state index in [9.17, 15) is 18.5 Å². The number of hydrogen-bond acceptors (Lipinski definition) is 5. The van der Waals surface area contributed by atoms with Gasteiger partial charge >= 0.3 is 0 Å². The molecule has 0 saturated heterocycles. The molecule has 1 amide bonds. The van der Waals surface area contributed by atoms with Crippen molar-refractivity contribution in [3.8, 4) is 6.07 Å². The van der Waals surface area contributed by atoms with E-state index in [0.717, 1.165) is 11.6 Å². The zero-order valence-electron chi connectivity index (χ0n) is 15.5. The van der Waals surface area contributed by atoms with E-state index in [4.69, 9.17) is 4.55 Å². The Labute approximate surface area is 164 Å². The molecule has 2 aromatic carbocycles. The molecule has 0 heterocycles. The van der Waals surface area contributed by atoms with Crippen molar-refractivity contribution in [3.05, 3.63) is 71.9 Å². The maximum Gasteiger partial charge on any atom is 0.294 e. The summed E-state index contributed by atoms with van der Waals surface area (Å²) in [5, 5.41) is 11.9. The van der Waals surface area contributed by atoms with Crippen LogP contribution in [0.1, 0.15) is 19.4 Å². The van der Waals surface area contributed by atoms with Crippen molar-refractivity contribution in [1.29, 1.82) is 5.26 Å². The predicted octanol–water partition coefficient (Wildman–Crippen LogP) is 3.19. The predicted molar refractivity (Wildman–Crippen MR) is 106 cm³/mol. The highest BCUT2D eigenvalue weighted by Gasteiger charge is 2.15. The van der Waals surface area contributed by atoms with Crippen LogP contribution < -0.4 is 5.32 Å². The number of anilines is 1. The minimum absolute atomic E-state index is 0.0409. The third-order valence-corrected chi connectivity index (χ3v) is 4.77. The summed E-state index contributed by atoms with van der Waals surface area (Å²) in [5.41, 5.74) is 1.06. The maximum atomic E-state index is 12.5. The molecule has 0 aliphatic carbocycles. The van der Waals surface area contributed by atoms with E-state index in [1.54, 1.807) is 0 Å². The molecule has 146 valence electrons. The fourth-order valence-corrected chi connectivity index (χ4v) is 2.93. The Morgan fingerprint density at radius 3 is 2.46 bits per heavy atom. The molecule has 0 saturated carbocycles. The first-order valence-electron chi connectivity index (χ1n) is 8.51. The van der Waals surface area contributed by atoms with Crippen molar-refractivity contribution in [2.24, 2.45) is 0 Å². The van der Waals surface area contributed by atoms with Gasteiger partial charge in [-0.1, -0.05) is 36.4 Å². The Kier molecular flexibility index (Phi) is 6.93. The van der Waals surface area contributed by atoms with Crippen molar-refractivity contribution in [2.75, 3.05) is 5.32 Å². The summed E-state index contributed by atoms with van der Waals surface area (Å²) in [6, 6.07) is 16.7. The number of carbonyl (C=O) groups is 1. The Morgan fingerprint density at radius 1 is 1.21 bits per heavy atom. The first-order valence-corrected chi connectivity index (χ1v) is 9.95. The summed E-state index contributed by atoms with van der Waals surface area (Å²) >= 11 is 0. The molecule has 8 heteroatoms. The standard InChI is InChI=1S/C20H21N3O4S/c1-15(2)23(13-16-7-4-3-5-8-16)14-17(12-21)20(24)22-18-9-6-10-19(11-18)28(25,26)27/h3-11,14-15H,13H2,1-2H3,(H,22,24)(H,25,26,27)/b17-14-. The van der Waals surface area contributed by atoms with E-state index in [2.05, 4.69) is 5.32 Å². The van der Waals surface area contributed by atoms with Crippen LogP contribution >= 0.6 is 0 Å². The number of rotatable bonds is 7. The average Bonchev–Trinajstić information content (AvgIpc) is 2.65. The Bertz CT molecular complexity index is 1010. The summed E-state index contributed by atoms with van der Waals surface area (Å²) < 4.78 is 31.6. The molecular weight excluding hydrogens is 378 g/mol. The third-order valence-electron chi connectivity index (χ3n) is 3.92. The van der Waals surface area contributed by atoms with Crippen molar-refractivity contribution in [2.45, 2.75) is 31.3 Å². The SMILES string of the molecule is CC(C)N(/C=C(/C#N)C(=O)Nc1cccc(S(=O)(=O)O)c1)Cc1ccccc1. The highest BCUT2D eigenvalue weighted by Crippen LogP contribution is 2.17. The topological polar surface area (TPSA) is 111 Å². The van der Waals surface area contributed by atoms with Crippen LogP contribution in [0.3, 0.4) is 0 Å². The number of nitriles is 1. The smallest absolute Gasteiger partial charge is 0.294 e. The fraction of sp³-hybridized carbons (Fsp3) is 0.200. The third kappa shape index (κ3) is 5.94. The van der Waals surface area contributed by atoms with Crippen molar-refractivity contribution < 1.29 is 17.8 Å². The summed E-state index contributed by atoms with van der Waals surface area (Å²) in [6.45, 7) is 4.42. The molecule has 0 aromatic heterocycles. The van der Waals surface area contributed by atoms with Gasteiger partial charge in [-0.05, 0) is 37.6 Å². The second-order valence-corrected chi connectivity index (χ2v) is 7.78. The molecule has 0 atom stereocenters. The quantitative estimate of drug-likeness (QED) is 0.420. The van der Waals surface area contributed by atoms with Crippen LogP contribution in [0.4, 0.5) is 5.69 Å². The Hall–Kier alpha value is -3.15. The number of hydrogen-bond donors (Lipinski definition) is 2. The van der Waals surface area contributed by atoms with Gasteiger partial charge in [0.15, 0.2) is 0 Å². The van der Waals surface area contributed by atoms with Crippen molar-refractivity contribution in [1.82, 2.24) is 4.90 Å². The second-order valence-electron chi connectivity index (χ2n) is 6.36. The number of benzene rings is 2. The van der Waals surface area contributed by atoms with Gasteiger partial charge in [-0.15, -0.1) is 0 Å². The average molecular weight is 399 g/mol. The highest BCUT2D eigenvalue weighted by atomic mass is 32.2. The molecule has 2 N–H and O–H groups in total. The lowest BCUT2D eigenvalue weighted by atomic mass is 10.2. The lowest BCUT2D eigenvalue weighted by molar-refractivity contribution is -0.112. The molecule has 0 spiro atoms. The van der Waals surface area contributed by atoms with Crippen molar-refractivity contribution in [3.63, 3.8) is 0 Å². The van der Waals surface area contributed by atoms with E-state index in [1.165, 1.54) is 24.4 Å². The molecule has 0 aliphatic heterocycles. The number of carbonyl (C=O) groups excluding carboxylic acids is 1. The highest BCUT2D eigenvalue weighted by molar-refractivity contribution is 7.85. The van der Waals surface area contributed by atoms with Crippen molar-refractivity contribution >= 4 is 21.7 Å². The molecule has 0 unspecified atom stereocenters. The zero-order valence-corrected chi connectivity index (χ0v) is 16.3. The van der Waals surface area contributed by atoms with Gasteiger partial charge in [0.1, 0.15) is 11.6 Å². The lowest BCUT2D eigenvalue weighted by Crippen LogP contribution is -2.27. The molecule has 7 nitrogen and oxygen atoms in total. The summed E-state index contributed by atoms with van der Waals surface area (Å²) in [7, 11) is -4.39. The van der Waals surface area contributed by atoms with Gasteiger partial charge < -0.3 is 10.2 Å². The molecule has 28 heavy (non-hydrogen) atoms. The number of amides is 1. The number of nitrogens with zero attached hydrogens (tertiary/aromatic N) is 2. The van der Waals surface area contributed by atoms with Crippen LogP contribution in [0.2, 0.25) is 0 Å². The molecule has 2 aromatic rings. The van der Waals surface area contributed by atoms with Gasteiger partial charge in [-0.3, -0.25) is 9.35 Å². The minimum atomic E-state index is -4.39. The van der Waals surface area contributed by atoms with Crippen LogP contribution in [0.5, 0.6) is 0 Å². The van der Waals surface area contributed by atoms with E-state index in [1.807, 2.05) is 55.1 Å². The first kappa shape index (κ1) is 21.2. The summed E-state index contributed by atoms with van der Waals surface area (Å²) in [6.07, 6.45) is 1.49. The number of nitrogens with one attached hydrogen (secondary N) is 1. The van der Waals surface area contributed by atoms with Gasteiger partial charge in [0.05, 0.1) is 4.90 Å². The lowest BCUT2D eigenvalue weighted by Gasteiger charge is -2.25. The van der Waals surface area contributed by atoms with Gasteiger partial charge in [0.25, 0.3) is 16.0 Å². The molecule has 0 fully saturated rings. The van der Waals surface area contributed by atoms with Gasteiger partial charge in [-0.25, -0.2) is 0 Å². The van der Waals surface area contributed by atoms with Gasteiger partial charge in [0.2, 0.25) is 0 Å². The minimum Gasteiger partial charge on any atom is -0.369 e. The summed E-state index contributed by atoms with van der Waals surface area (Å²) in [5.74, 6) is -0.673. The fourth-order valence-electron chi connectivity index (χ4n) is 2.41. The molecule has 0 radical (unpaired) electrons. The van der Waals surface area contributed by atoms with E-state index in [0.29, 0.717) is 6.54 Å². The molecule has 2 rings (SSSR count). The van der Waals surface area contributed by atoms with Crippen LogP contribution in [-0.4, -0.2) is 29.8 Å². The Balaban J connectivity index is 2.22. The molecule has 0 bridgehead atoms. The Morgan fingerprint density at radius 2 is 1.89 bits per heavy atom. The molecule has 0 aliphatic rings. The van der Waals surface area contributed by atoms with Gasteiger partial charge in [0, 0.05) is 24.5 Å². The largest absolute Gasteiger partial charge is 0.369 e. The zero-order chi connectivity index (χ0) is 20.7. The summed E-state index contributed by atoms with van der Waals surface area (Å²) in [4.78, 5) is 14.0. The van der Waals surface area contributed by atoms with Crippen LogP contribution in [0, 0.1) is 11.3 Å². The first-order chi connectivity index (χ1) is 13.2. The van der Waals surface area contributed by atoms with E-state index in [-0.39, 0.29) is 22.2 Å². The molecular formula is C20H21N3O4S. The van der Waals surface area contributed by atoms with E-state index >= 15 is 0 Å². The maximum absolute atomic E-state index is 12.5. The van der Waals surface area contributed by atoms with Crippen LogP contribution in [0.15, 0.2) is 71.3 Å². The monoisotopic (exact) mass is 399 g/mol. The van der Waals surface area contributed by atoms with Crippen LogP contribution in [-0.2, 0) is 21.5 Å². The normalized spacial score (nSPS) is 11.8.